The van der Waals surface area contributed by atoms with E-state index in [-0.39, 0.29) is 0 Å². The molecule has 0 bridgehead atoms. The highest BCUT2D eigenvalue weighted by Gasteiger charge is 2.39. The minimum Gasteiger partial charge on any atom is -0.370 e. The second-order valence-corrected chi connectivity index (χ2v) is 7.63. The average molecular weight is 344 g/mol. The van der Waals surface area contributed by atoms with Gasteiger partial charge < -0.3 is 10.6 Å². The molecule has 2 unspecified atom stereocenters. The van der Waals surface area contributed by atoms with Crippen LogP contribution in [-0.4, -0.2) is 42.0 Å². The molecule has 0 amide bonds. The number of rotatable bonds is 3. The number of nitrogens with zero attached hydrogens (tertiary/aromatic N) is 2. The summed E-state index contributed by atoms with van der Waals surface area (Å²) in [4.78, 5) is 6.76. The number of aliphatic imine (C=N–C) groups is 1. The van der Waals surface area contributed by atoms with Crippen molar-refractivity contribution in [2.75, 3.05) is 31.1 Å². The van der Waals surface area contributed by atoms with Gasteiger partial charge in [0.1, 0.15) is 0 Å². The van der Waals surface area contributed by atoms with Gasteiger partial charge in [-0.1, -0.05) is 29.3 Å². The van der Waals surface area contributed by atoms with Crippen molar-refractivity contribution in [3.8, 4) is 0 Å². The molecule has 0 radical (unpaired) electrons. The predicted molar refractivity (Wildman–Crippen MR) is 92.7 cm³/mol. The van der Waals surface area contributed by atoms with Crippen molar-refractivity contribution in [2.24, 2.45) is 16.6 Å². The first-order valence-electron chi connectivity index (χ1n) is 7.22. The molecule has 1 aliphatic heterocycles. The zero-order valence-electron chi connectivity index (χ0n) is 11.8. The summed E-state index contributed by atoms with van der Waals surface area (Å²) < 4.78 is 0. The fraction of sp³-hybridized carbons (Fsp3) is 0.533. The summed E-state index contributed by atoms with van der Waals surface area (Å²) in [6.07, 6.45) is 1.13. The van der Waals surface area contributed by atoms with Gasteiger partial charge in [-0.15, -0.1) is 0 Å². The van der Waals surface area contributed by atoms with Crippen LogP contribution in [0.3, 0.4) is 0 Å². The molecule has 21 heavy (non-hydrogen) atoms. The second-order valence-electron chi connectivity index (χ2n) is 5.57. The summed E-state index contributed by atoms with van der Waals surface area (Å²) in [5.41, 5.74) is 7.27. The molecule has 1 aromatic rings. The molecule has 2 N–H and O–H groups in total. The standard InChI is InChI=1S/C15H19Cl2N3S/c16-11-1-2-12(14(17)8-11)13-7-10(13)9-19-15(18)20-3-5-21-6-4-20/h1-2,8,10,13H,3-7,9H2,(H2,18,19). The molecule has 1 heterocycles. The molecule has 0 spiro atoms. The van der Waals surface area contributed by atoms with Crippen LogP contribution in [-0.2, 0) is 0 Å². The maximum Gasteiger partial charge on any atom is 0.191 e. The number of benzene rings is 1. The number of nitrogens with two attached hydrogens (primary N) is 1. The highest BCUT2D eigenvalue weighted by molar-refractivity contribution is 7.99. The lowest BCUT2D eigenvalue weighted by atomic mass is 10.1. The van der Waals surface area contributed by atoms with Crippen molar-refractivity contribution in [3.63, 3.8) is 0 Å². The molecule has 3 rings (SSSR count). The highest BCUT2D eigenvalue weighted by Crippen LogP contribution is 2.50. The Kier molecular flexibility index (Phi) is 4.87. The van der Waals surface area contributed by atoms with Gasteiger partial charge in [-0.3, -0.25) is 4.99 Å². The lowest BCUT2D eigenvalue weighted by Crippen LogP contribution is -2.42. The van der Waals surface area contributed by atoms with Crippen molar-refractivity contribution in [2.45, 2.75) is 12.3 Å². The van der Waals surface area contributed by atoms with Gasteiger partial charge in [0, 0.05) is 41.2 Å². The molecule has 114 valence electrons. The maximum atomic E-state index is 6.26. The maximum absolute atomic E-state index is 6.26. The van der Waals surface area contributed by atoms with Crippen molar-refractivity contribution in [1.29, 1.82) is 0 Å². The number of hydrogen-bond donors (Lipinski definition) is 1. The van der Waals surface area contributed by atoms with Crippen LogP contribution >= 0.6 is 35.0 Å². The Bertz CT molecular complexity index is 544. The lowest BCUT2D eigenvalue weighted by Gasteiger charge is -2.27. The zero-order valence-corrected chi connectivity index (χ0v) is 14.1. The van der Waals surface area contributed by atoms with Gasteiger partial charge in [-0.05, 0) is 36.0 Å². The Morgan fingerprint density at radius 1 is 1.33 bits per heavy atom. The van der Waals surface area contributed by atoms with Crippen LogP contribution in [0.4, 0.5) is 0 Å². The predicted octanol–water partition coefficient (Wildman–Crippen LogP) is 3.46. The summed E-state index contributed by atoms with van der Waals surface area (Å²) in [7, 11) is 0. The largest absolute Gasteiger partial charge is 0.370 e. The van der Waals surface area contributed by atoms with E-state index >= 15 is 0 Å². The molecule has 1 aliphatic carbocycles. The van der Waals surface area contributed by atoms with Crippen LogP contribution < -0.4 is 5.73 Å². The van der Waals surface area contributed by atoms with Gasteiger partial charge >= 0.3 is 0 Å². The molecule has 2 aliphatic rings. The van der Waals surface area contributed by atoms with Crippen LogP contribution in [0, 0.1) is 5.92 Å². The molecule has 0 aromatic heterocycles. The number of guanidine groups is 1. The number of hydrogen-bond acceptors (Lipinski definition) is 2. The molecular weight excluding hydrogens is 325 g/mol. The van der Waals surface area contributed by atoms with E-state index < -0.39 is 0 Å². The smallest absolute Gasteiger partial charge is 0.191 e. The Morgan fingerprint density at radius 3 is 2.81 bits per heavy atom. The zero-order chi connectivity index (χ0) is 14.8. The van der Waals surface area contributed by atoms with E-state index in [9.17, 15) is 0 Å². The summed E-state index contributed by atoms with van der Waals surface area (Å²) >= 11 is 14.2. The third-order valence-electron chi connectivity index (χ3n) is 4.11. The van der Waals surface area contributed by atoms with Gasteiger partial charge in [-0.2, -0.15) is 11.8 Å². The first-order valence-corrected chi connectivity index (χ1v) is 9.14. The third kappa shape index (κ3) is 3.79. The lowest BCUT2D eigenvalue weighted by molar-refractivity contribution is 0.455. The third-order valence-corrected chi connectivity index (χ3v) is 5.61. The molecule has 2 atom stereocenters. The van der Waals surface area contributed by atoms with E-state index in [1.54, 1.807) is 0 Å². The van der Waals surface area contributed by atoms with Crippen molar-refractivity contribution >= 4 is 40.9 Å². The fourth-order valence-electron chi connectivity index (χ4n) is 2.74. The first kappa shape index (κ1) is 15.3. The van der Waals surface area contributed by atoms with Gasteiger partial charge in [0.15, 0.2) is 5.96 Å². The average Bonchev–Trinajstić information content (AvgIpc) is 3.25. The van der Waals surface area contributed by atoms with E-state index in [1.807, 2.05) is 30.0 Å². The van der Waals surface area contributed by atoms with Crippen LogP contribution in [0.25, 0.3) is 0 Å². The molecule has 1 saturated heterocycles. The second kappa shape index (κ2) is 6.67. The minimum atomic E-state index is 0.503. The van der Waals surface area contributed by atoms with Gasteiger partial charge in [-0.25, -0.2) is 0 Å². The molecule has 6 heteroatoms. The van der Waals surface area contributed by atoms with Crippen LogP contribution in [0.5, 0.6) is 0 Å². The minimum absolute atomic E-state index is 0.503. The van der Waals surface area contributed by atoms with E-state index in [1.165, 1.54) is 5.56 Å². The van der Waals surface area contributed by atoms with E-state index in [4.69, 9.17) is 28.9 Å². The molecule has 2 fully saturated rings. The topological polar surface area (TPSA) is 41.6 Å². The van der Waals surface area contributed by atoms with Gasteiger partial charge in [0.2, 0.25) is 0 Å². The quantitative estimate of drug-likeness (QED) is 0.674. The monoisotopic (exact) mass is 343 g/mol. The van der Waals surface area contributed by atoms with Gasteiger partial charge in [0.05, 0.1) is 0 Å². The SMILES string of the molecule is NC(=NCC1CC1c1ccc(Cl)cc1Cl)N1CCSCC1. The molecule has 3 nitrogen and oxygen atoms in total. The summed E-state index contributed by atoms with van der Waals surface area (Å²) in [5.74, 6) is 4.04. The van der Waals surface area contributed by atoms with Crippen molar-refractivity contribution < 1.29 is 0 Å². The highest BCUT2D eigenvalue weighted by atomic mass is 35.5. The van der Waals surface area contributed by atoms with E-state index in [0.717, 1.165) is 42.6 Å². The van der Waals surface area contributed by atoms with Crippen molar-refractivity contribution in [1.82, 2.24) is 4.90 Å². The summed E-state index contributed by atoms with van der Waals surface area (Å²) in [6.45, 7) is 2.81. The van der Waals surface area contributed by atoms with Crippen LogP contribution in [0.15, 0.2) is 23.2 Å². The van der Waals surface area contributed by atoms with Crippen LogP contribution in [0.1, 0.15) is 17.9 Å². The Balaban J connectivity index is 1.56. The Morgan fingerprint density at radius 2 is 2.10 bits per heavy atom. The molecule has 1 aromatic carbocycles. The van der Waals surface area contributed by atoms with E-state index in [0.29, 0.717) is 22.8 Å². The van der Waals surface area contributed by atoms with E-state index in [2.05, 4.69) is 9.89 Å². The first-order chi connectivity index (χ1) is 10.1. The van der Waals surface area contributed by atoms with Crippen LogP contribution in [0.2, 0.25) is 10.0 Å². The summed E-state index contributed by atoms with van der Waals surface area (Å²) in [5, 5.41) is 1.45. The van der Waals surface area contributed by atoms with Gasteiger partial charge in [0.25, 0.3) is 0 Å². The summed E-state index contributed by atoms with van der Waals surface area (Å²) in [6, 6.07) is 5.75. The number of halogens is 2. The number of thioether (sulfide) groups is 1. The normalized spacial score (nSPS) is 26.0. The Labute approximate surface area is 139 Å². The van der Waals surface area contributed by atoms with Crippen molar-refractivity contribution in [3.05, 3.63) is 33.8 Å². The molecule has 1 saturated carbocycles. The molecular formula is C15H19Cl2N3S. The fourth-order valence-corrected chi connectivity index (χ4v) is 4.19. The Hall–Kier alpha value is -0.580.